The number of anilines is 2. The summed E-state index contributed by atoms with van der Waals surface area (Å²) in [6, 6.07) is 3.00. The molecule has 0 aromatic carbocycles. The number of hydrogen-bond donors (Lipinski definition) is 1. The number of hydrogen-bond acceptors (Lipinski definition) is 3. The third-order valence-electron chi connectivity index (χ3n) is 6.15. The van der Waals surface area contributed by atoms with Gasteiger partial charge in [0.05, 0.1) is 11.4 Å². The van der Waals surface area contributed by atoms with Gasteiger partial charge in [0.15, 0.2) is 11.5 Å². The zero-order valence-electron chi connectivity index (χ0n) is 20.0. The summed E-state index contributed by atoms with van der Waals surface area (Å²) in [6.45, 7) is 8.70. The molecule has 0 aliphatic carbocycles. The van der Waals surface area contributed by atoms with E-state index in [9.17, 15) is 9.18 Å². The molecule has 0 atom stereocenters. The second-order valence-electron chi connectivity index (χ2n) is 8.86. The minimum atomic E-state index is -0.478. The average Bonchev–Trinajstić information content (AvgIpc) is 3.41. The molecule has 4 rings (SSSR count). The molecule has 0 radical (unpaired) electrons. The highest BCUT2D eigenvalue weighted by atomic mass is 19.1. The second kappa shape index (κ2) is 10.6. The standard InChI is InChI=1S/C27H32FN5O/c1-4-5-9-19(2)10-7-6-8-11-21-12-14-29-25-23(21)13-15-33(25)27(34)31-22-16-24(28)26-30-20(3)17-32(26)18-22/h6,8,12,14,16-18H,2,4-5,7,9-11,13,15H2,1,3H3,(H,31,34)/b8-6+. The third-order valence-corrected chi connectivity index (χ3v) is 6.15. The van der Waals surface area contributed by atoms with E-state index in [0.29, 0.717) is 23.7 Å². The van der Waals surface area contributed by atoms with Crippen LogP contribution < -0.4 is 10.2 Å². The lowest BCUT2D eigenvalue weighted by Crippen LogP contribution is -2.34. The third kappa shape index (κ3) is 5.35. The molecule has 1 aliphatic heterocycles. The zero-order chi connectivity index (χ0) is 24.1. The first-order valence-corrected chi connectivity index (χ1v) is 12.0. The van der Waals surface area contributed by atoms with Crippen LogP contribution in [0.2, 0.25) is 0 Å². The highest BCUT2D eigenvalue weighted by molar-refractivity contribution is 6.02. The van der Waals surface area contributed by atoms with Crippen LogP contribution in [0.1, 0.15) is 55.8 Å². The summed E-state index contributed by atoms with van der Waals surface area (Å²) in [5.74, 6) is 0.199. The van der Waals surface area contributed by atoms with Crippen molar-refractivity contribution in [3.63, 3.8) is 0 Å². The summed E-state index contributed by atoms with van der Waals surface area (Å²) in [5, 5.41) is 2.81. The Morgan fingerprint density at radius 1 is 1.29 bits per heavy atom. The van der Waals surface area contributed by atoms with Gasteiger partial charge in [-0.3, -0.25) is 4.90 Å². The molecule has 4 heterocycles. The Labute approximate surface area is 200 Å². The van der Waals surface area contributed by atoms with Crippen molar-refractivity contribution >= 4 is 23.2 Å². The van der Waals surface area contributed by atoms with Crippen LogP contribution in [0.5, 0.6) is 0 Å². The number of allylic oxidation sites excluding steroid dienone is 3. The zero-order valence-corrected chi connectivity index (χ0v) is 20.0. The number of fused-ring (bicyclic) bond motifs is 2. The maximum atomic E-state index is 14.4. The number of nitrogens with zero attached hydrogens (tertiary/aromatic N) is 4. The van der Waals surface area contributed by atoms with Crippen molar-refractivity contribution in [2.75, 3.05) is 16.8 Å². The van der Waals surface area contributed by atoms with Crippen molar-refractivity contribution < 1.29 is 9.18 Å². The quantitative estimate of drug-likeness (QED) is 0.375. The van der Waals surface area contributed by atoms with E-state index in [0.717, 1.165) is 37.7 Å². The number of halogens is 1. The molecular weight excluding hydrogens is 429 g/mol. The SMILES string of the molecule is C=C(CC/C=C/Cc1ccnc2c1CCN2C(=O)Nc1cc(F)c2nc(C)cn2c1)CCCC. The lowest BCUT2D eigenvalue weighted by atomic mass is 10.0. The first-order valence-electron chi connectivity index (χ1n) is 12.0. The van der Waals surface area contributed by atoms with Crippen molar-refractivity contribution in [2.24, 2.45) is 0 Å². The Kier molecular flexibility index (Phi) is 7.40. The van der Waals surface area contributed by atoms with Crippen molar-refractivity contribution in [2.45, 2.75) is 58.8 Å². The van der Waals surface area contributed by atoms with Gasteiger partial charge in [0.25, 0.3) is 0 Å². The fraction of sp³-hybridized carbons (Fsp3) is 0.370. The number of imidazole rings is 1. The Morgan fingerprint density at radius 3 is 2.97 bits per heavy atom. The predicted molar refractivity (Wildman–Crippen MR) is 135 cm³/mol. The molecule has 1 aliphatic rings. The molecule has 2 amide bonds. The van der Waals surface area contributed by atoms with Gasteiger partial charge in [-0.1, -0.05) is 37.6 Å². The minimum absolute atomic E-state index is 0.242. The van der Waals surface area contributed by atoms with Crippen LogP contribution in [-0.4, -0.2) is 26.9 Å². The maximum Gasteiger partial charge on any atom is 0.327 e. The summed E-state index contributed by atoms with van der Waals surface area (Å²) in [5.41, 5.74) is 4.93. The highest BCUT2D eigenvalue weighted by Gasteiger charge is 2.28. The van der Waals surface area contributed by atoms with Crippen LogP contribution in [0, 0.1) is 12.7 Å². The van der Waals surface area contributed by atoms with Crippen LogP contribution in [0.4, 0.5) is 20.7 Å². The van der Waals surface area contributed by atoms with Crippen LogP contribution in [0.3, 0.4) is 0 Å². The monoisotopic (exact) mass is 461 g/mol. The van der Waals surface area contributed by atoms with E-state index in [1.807, 2.05) is 6.07 Å². The molecule has 3 aromatic rings. The number of rotatable bonds is 9. The van der Waals surface area contributed by atoms with Gasteiger partial charge in [-0.2, -0.15) is 0 Å². The number of amides is 2. The normalized spacial score (nSPS) is 13.1. The molecule has 0 bridgehead atoms. The van der Waals surface area contributed by atoms with Crippen molar-refractivity contribution in [1.29, 1.82) is 0 Å². The maximum absolute atomic E-state index is 14.4. The first kappa shape index (κ1) is 23.7. The summed E-state index contributed by atoms with van der Waals surface area (Å²) >= 11 is 0. The van der Waals surface area contributed by atoms with Crippen LogP contribution in [0.25, 0.3) is 5.65 Å². The number of pyridine rings is 2. The molecule has 3 aromatic heterocycles. The van der Waals surface area contributed by atoms with Gasteiger partial charge >= 0.3 is 6.03 Å². The molecule has 7 heteroatoms. The van der Waals surface area contributed by atoms with Crippen molar-refractivity contribution in [3.8, 4) is 0 Å². The van der Waals surface area contributed by atoms with Gasteiger partial charge in [-0.15, -0.1) is 0 Å². The van der Waals surface area contributed by atoms with Crippen LogP contribution in [0.15, 0.2) is 55.0 Å². The fourth-order valence-electron chi connectivity index (χ4n) is 4.35. The Balaban J connectivity index is 1.39. The van der Waals surface area contributed by atoms with Gasteiger partial charge in [0.1, 0.15) is 5.82 Å². The van der Waals surface area contributed by atoms with Gasteiger partial charge in [-0.05, 0) is 57.1 Å². The topological polar surface area (TPSA) is 62.5 Å². The first-order chi connectivity index (χ1) is 16.5. The van der Waals surface area contributed by atoms with E-state index in [2.05, 4.69) is 40.9 Å². The average molecular weight is 462 g/mol. The fourth-order valence-corrected chi connectivity index (χ4v) is 4.35. The summed E-state index contributed by atoms with van der Waals surface area (Å²) < 4.78 is 16.0. The summed E-state index contributed by atoms with van der Waals surface area (Å²) in [7, 11) is 0. The minimum Gasteiger partial charge on any atom is -0.306 e. The number of unbranched alkanes of at least 4 members (excludes halogenated alkanes) is 1. The summed E-state index contributed by atoms with van der Waals surface area (Å²) in [4.78, 5) is 23.2. The Morgan fingerprint density at radius 2 is 2.15 bits per heavy atom. The van der Waals surface area contributed by atoms with Gasteiger partial charge in [0.2, 0.25) is 0 Å². The van der Waals surface area contributed by atoms with E-state index in [1.165, 1.54) is 30.0 Å². The number of nitrogens with one attached hydrogen (secondary N) is 1. The number of urea groups is 1. The van der Waals surface area contributed by atoms with Gasteiger partial charge < -0.3 is 9.72 Å². The van der Waals surface area contributed by atoms with Crippen LogP contribution >= 0.6 is 0 Å². The second-order valence-corrected chi connectivity index (χ2v) is 8.86. The van der Waals surface area contributed by atoms with E-state index < -0.39 is 5.82 Å². The van der Waals surface area contributed by atoms with E-state index in [1.54, 1.807) is 34.8 Å². The molecule has 178 valence electrons. The highest BCUT2D eigenvalue weighted by Crippen LogP contribution is 2.29. The number of aromatic nitrogens is 3. The lowest BCUT2D eigenvalue weighted by Gasteiger charge is -2.17. The van der Waals surface area contributed by atoms with E-state index in [-0.39, 0.29) is 11.7 Å². The van der Waals surface area contributed by atoms with Crippen molar-refractivity contribution in [1.82, 2.24) is 14.4 Å². The van der Waals surface area contributed by atoms with Crippen molar-refractivity contribution in [3.05, 3.63) is 77.7 Å². The van der Waals surface area contributed by atoms with Crippen LogP contribution in [-0.2, 0) is 12.8 Å². The molecular formula is C27H32FN5O. The number of carbonyl (C=O) groups is 1. The molecule has 0 fully saturated rings. The molecule has 0 saturated carbocycles. The molecule has 0 saturated heterocycles. The van der Waals surface area contributed by atoms with Gasteiger partial charge in [-0.25, -0.2) is 19.2 Å². The molecule has 0 spiro atoms. The number of carbonyl (C=O) groups excluding carboxylic acids is 1. The lowest BCUT2D eigenvalue weighted by molar-refractivity contribution is 0.257. The molecule has 34 heavy (non-hydrogen) atoms. The Bertz CT molecular complexity index is 1230. The van der Waals surface area contributed by atoms with E-state index in [4.69, 9.17) is 0 Å². The molecule has 1 N–H and O–H groups in total. The number of aryl methyl sites for hydroxylation is 1. The largest absolute Gasteiger partial charge is 0.327 e. The Hall–Kier alpha value is -3.48. The van der Waals surface area contributed by atoms with Gasteiger partial charge in [0, 0.05) is 36.8 Å². The van der Waals surface area contributed by atoms with E-state index >= 15 is 0 Å². The smallest absolute Gasteiger partial charge is 0.306 e. The molecule has 0 unspecified atom stereocenters. The summed E-state index contributed by atoms with van der Waals surface area (Å²) in [6.07, 6.45) is 16.7. The predicted octanol–water partition coefficient (Wildman–Crippen LogP) is 6.40. The molecule has 6 nitrogen and oxygen atoms in total.